The number of nitrogens with one attached hydrogen (secondary N) is 3. The molecule has 6 rings (SSSR count). The molecule has 0 aliphatic carbocycles. The fourth-order valence-electron chi connectivity index (χ4n) is 5.10. The summed E-state index contributed by atoms with van der Waals surface area (Å²) < 4.78 is 1.89. The number of Topliss-reactive ketones (excluding diaryl/α,β-unsaturated/α-hetero) is 1. The van der Waals surface area contributed by atoms with E-state index < -0.39 is 11.1 Å². The largest absolute Gasteiger partial charge is 0.373 e. The second-order valence-electron chi connectivity index (χ2n) is 12.6. The number of hydrogen-bond donors (Lipinski definition) is 3. The van der Waals surface area contributed by atoms with E-state index in [-0.39, 0.29) is 28.5 Å². The first-order chi connectivity index (χ1) is 23.9. The number of benzene rings is 3. The molecule has 2 aromatic heterocycles. The van der Waals surface area contributed by atoms with Gasteiger partial charge in [0.05, 0.1) is 38.2 Å². The van der Waals surface area contributed by atoms with Crippen molar-refractivity contribution in [3.8, 4) is 0 Å². The molecule has 0 spiro atoms. The molecule has 51 heavy (non-hydrogen) atoms. The summed E-state index contributed by atoms with van der Waals surface area (Å²) in [4.78, 5) is 62.6. The minimum absolute atomic E-state index is 0.0646. The van der Waals surface area contributed by atoms with Crippen molar-refractivity contribution in [3.05, 3.63) is 71.0 Å². The monoisotopic (exact) mass is 760 g/mol. The third-order valence-electron chi connectivity index (χ3n) is 7.90. The number of fused-ring (bicyclic) bond motifs is 2. The van der Waals surface area contributed by atoms with Gasteiger partial charge in [-0.15, -0.1) is 0 Å². The number of nitrogens with zero attached hydrogens (tertiary/aromatic N) is 5. The highest BCUT2D eigenvalue weighted by Gasteiger charge is 2.50. The smallest absolute Gasteiger partial charge is 0.259 e. The molecule has 0 bridgehead atoms. The maximum atomic E-state index is 13.3. The van der Waals surface area contributed by atoms with Crippen molar-refractivity contribution in [2.75, 3.05) is 25.8 Å². The quantitative estimate of drug-likeness (QED) is 0.110. The second kappa shape index (κ2) is 14.3. The SMILES string of the molecule is CC(=O)Nc1nc2cc(NC(C)(C)C(C)=O)ccc2s1.[C-]#[N+]c1ccc(N2C(=O)C(C)(C)N(c3ccc4sc(NC(C)=O)nc4c3)C2=S)cc1Cl. The highest BCUT2D eigenvalue weighted by molar-refractivity contribution is 7.81. The average Bonchev–Trinajstić information content (AvgIpc) is 3.67. The minimum Gasteiger partial charge on any atom is -0.373 e. The fraction of sp³-hybridized carbons (Fsp3) is 0.257. The van der Waals surface area contributed by atoms with Gasteiger partial charge in [-0.05, 0) is 95.4 Å². The maximum Gasteiger partial charge on any atom is 0.259 e. The number of ketones is 1. The van der Waals surface area contributed by atoms with Gasteiger partial charge >= 0.3 is 0 Å². The Labute approximate surface area is 312 Å². The third-order valence-corrected chi connectivity index (χ3v) is 10.5. The molecule has 0 saturated carbocycles. The van der Waals surface area contributed by atoms with Crippen LogP contribution in [0.4, 0.5) is 33.0 Å². The van der Waals surface area contributed by atoms with Crippen molar-refractivity contribution in [3.63, 3.8) is 0 Å². The van der Waals surface area contributed by atoms with Crippen molar-refractivity contribution in [2.45, 2.75) is 59.5 Å². The Morgan fingerprint density at radius 2 is 1.43 bits per heavy atom. The van der Waals surface area contributed by atoms with Gasteiger partial charge in [-0.2, -0.15) is 0 Å². The van der Waals surface area contributed by atoms with Gasteiger partial charge in [-0.1, -0.05) is 40.3 Å². The number of aromatic nitrogens is 2. The summed E-state index contributed by atoms with van der Waals surface area (Å²) in [5, 5.41) is 10.2. The molecule has 5 aromatic rings. The van der Waals surface area contributed by atoms with E-state index in [4.69, 9.17) is 30.4 Å². The Balaban J connectivity index is 0.000000218. The topological polar surface area (TPSA) is 141 Å². The summed E-state index contributed by atoms with van der Waals surface area (Å²) in [5.41, 5.74) is 2.27. The highest BCUT2D eigenvalue weighted by atomic mass is 35.5. The van der Waals surface area contributed by atoms with E-state index in [9.17, 15) is 19.2 Å². The standard InChI is InChI=1S/C21H16ClN5O2S2.C14H17N3O2S/c1-11(28)24-19-25-16-10-13(6-8-17(16)31-19)27-20(30)26(18(29)21(27,2)3)12-5-7-15(23-4)14(22)9-12;1-8(18)14(3,4)17-10-5-6-12-11(7-10)16-13(20-12)15-9(2)19/h5-10H,1-3H3,(H,24,25,28);5-7,17H,1-4H3,(H,15,16,19). The third kappa shape index (κ3) is 7.84. The fourth-order valence-corrected chi connectivity index (χ4v) is 7.62. The lowest BCUT2D eigenvalue weighted by molar-refractivity contribution is -0.121. The average molecular weight is 761 g/mol. The van der Waals surface area contributed by atoms with Crippen molar-refractivity contribution >= 4 is 129 Å². The molecule has 0 radical (unpaired) electrons. The van der Waals surface area contributed by atoms with E-state index in [0.29, 0.717) is 38.0 Å². The van der Waals surface area contributed by atoms with Crippen LogP contribution in [0.25, 0.3) is 25.3 Å². The molecule has 3 aromatic carbocycles. The summed E-state index contributed by atoms with van der Waals surface area (Å²) in [6, 6.07) is 16.1. The number of thiocarbonyl (C=S) groups is 1. The van der Waals surface area contributed by atoms with Crippen molar-refractivity contribution in [1.82, 2.24) is 9.97 Å². The zero-order valence-electron chi connectivity index (χ0n) is 28.7. The van der Waals surface area contributed by atoms with Gasteiger partial charge in [-0.3, -0.25) is 24.1 Å². The lowest BCUT2D eigenvalue weighted by Gasteiger charge is -2.29. The molecule has 0 atom stereocenters. The lowest BCUT2D eigenvalue weighted by Crippen LogP contribution is -2.44. The van der Waals surface area contributed by atoms with Crippen LogP contribution in [0.5, 0.6) is 0 Å². The van der Waals surface area contributed by atoms with E-state index in [1.165, 1.54) is 41.4 Å². The number of anilines is 5. The molecule has 3 N–H and O–H groups in total. The van der Waals surface area contributed by atoms with E-state index in [0.717, 1.165) is 20.6 Å². The Morgan fingerprint density at radius 3 is 1.96 bits per heavy atom. The summed E-state index contributed by atoms with van der Waals surface area (Å²) in [7, 11) is 0. The van der Waals surface area contributed by atoms with Gasteiger partial charge in [0.1, 0.15) is 5.54 Å². The van der Waals surface area contributed by atoms with Crippen molar-refractivity contribution < 1.29 is 19.2 Å². The molecule has 1 aliphatic rings. The first-order valence-electron chi connectivity index (χ1n) is 15.4. The van der Waals surface area contributed by atoms with E-state index >= 15 is 0 Å². The Hall–Kier alpha value is -5.01. The van der Waals surface area contributed by atoms with Gasteiger partial charge in [0.25, 0.3) is 5.91 Å². The predicted molar refractivity (Wildman–Crippen MR) is 211 cm³/mol. The molecule has 12 nitrogen and oxygen atoms in total. The number of amides is 3. The number of carbonyl (C=O) groups is 4. The van der Waals surface area contributed by atoms with Crippen molar-refractivity contribution in [2.24, 2.45) is 0 Å². The van der Waals surface area contributed by atoms with Gasteiger partial charge in [0.2, 0.25) is 17.5 Å². The Morgan fingerprint density at radius 1 is 0.882 bits per heavy atom. The van der Waals surface area contributed by atoms with Crippen LogP contribution in [0.3, 0.4) is 0 Å². The van der Waals surface area contributed by atoms with Gasteiger partial charge in [-0.25, -0.2) is 14.8 Å². The molecule has 3 heterocycles. The van der Waals surface area contributed by atoms with E-state index in [1.807, 2.05) is 50.2 Å². The Bertz CT molecular complexity index is 2290. The van der Waals surface area contributed by atoms with Crippen LogP contribution in [0.2, 0.25) is 5.02 Å². The zero-order chi connectivity index (χ0) is 37.4. The summed E-state index contributed by atoms with van der Waals surface area (Å²) in [5.74, 6) is -0.471. The lowest BCUT2D eigenvalue weighted by atomic mass is 10.00. The molecule has 16 heteroatoms. The number of halogens is 1. The van der Waals surface area contributed by atoms with Crippen LogP contribution in [-0.4, -0.2) is 49.7 Å². The van der Waals surface area contributed by atoms with Crippen LogP contribution in [0, 0.1) is 6.57 Å². The molecule has 3 amide bonds. The molecular formula is C35H33ClN8O4S3. The van der Waals surface area contributed by atoms with Crippen LogP contribution < -0.4 is 25.8 Å². The second-order valence-corrected chi connectivity index (χ2v) is 15.4. The molecule has 1 saturated heterocycles. The predicted octanol–water partition coefficient (Wildman–Crippen LogP) is 8.41. The van der Waals surface area contributed by atoms with Gasteiger partial charge in [0, 0.05) is 30.2 Å². The van der Waals surface area contributed by atoms with Crippen LogP contribution in [0.15, 0.2) is 54.6 Å². The van der Waals surface area contributed by atoms with Gasteiger partial charge in [0.15, 0.2) is 21.2 Å². The molecule has 1 fully saturated rings. The number of carbonyl (C=O) groups excluding carboxylic acids is 4. The van der Waals surface area contributed by atoms with Crippen LogP contribution in [-0.2, 0) is 19.2 Å². The maximum absolute atomic E-state index is 13.3. The number of hydrogen-bond acceptors (Lipinski definition) is 10. The minimum atomic E-state index is -0.952. The van der Waals surface area contributed by atoms with Gasteiger partial charge < -0.3 is 20.9 Å². The Kier molecular flexibility index (Phi) is 10.5. The highest BCUT2D eigenvalue weighted by Crippen LogP contribution is 2.40. The van der Waals surface area contributed by atoms with E-state index in [1.54, 1.807) is 43.9 Å². The summed E-state index contributed by atoms with van der Waals surface area (Å²) in [6.07, 6.45) is 0. The zero-order valence-corrected chi connectivity index (χ0v) is 31.9. The normalized spacial score (nSPS) is 13.9. The number of rotatable bonds is 7. The summed E-state index contributed by atoms with van der Waals surface area (Å²) >= 11 is 14.7. The van der Waals surface area contributed by atoms with Crippen molar-refractivity contribution in [1.29, 1.82) is 0 Å². The summed E-state index contributed by atoms with van der Waals surface area (Å²) in [6.45, 7) is 18.9. The van der Waals surface area contributed by atoms with Crippen LogP contribution in [0.1, 0.15) is 48.5 Å². The molecule has 262 valence electrons. The first kappa shape index (κ1) is 37.3. The molecular weight excluding hydrogens is 728 g/mol. The number of thiazole rings is 2. The molecule has 1 aliphatic heterocycles. The van der Waals surface area contributed by atoms with Crippen LogP contribution >= 0.6 is 46.5 Å². The molecule has 0 unspecified atom stereocenters. The van der Waals surface area contributed by atoms with E-state index in [2.05, 4.69) is 30.8 Å². The first-order valence-corrected chi connectivity index (χ1v) is 17.8.